The standard InChI is InChI=1S/C13H16F3N3O4.CH3N/c14-13(15,16)23-9-3-4-11(20)8(6-9)7-18-10(12(21)22)2-1-5-19-17;1-2/h3-4,6-7,10,19-20H,1-2,5,17H2,(H,21,22);2H,1H2. The molecule has 0 aliphatic heterocycles. The molecule has 0 bridgehead atoms. The molecular weight excluding hydrogens is 345 g/mol. The van der Waals surface area contributed by atoms with E-state index in [1.807, 2.05) is 0 Å². The Bertz CT molecular complexity index is 582. The third-order valence-corrected chi connectivity index (χ3v) is 2.71. The van der Waals surface area contributed by atoms with Crippen molar-refractivity contribution in [3.05, 3.63) is 23.8 Å². The molecule has 0 radical (unpaired) electrons. The predicted molar refractivity (Wildman–Crippen MR) is 85.1 cm³/mol. The summed E-state index contributed by atoms with van der Waals surface area (Å²) < 4.78 is 40.2. The fraction of sp³-hybridized carbons (Fsp3) is 0.357. The molecule has 0 heterocycles. The van der Waals surface area contributed by atoms with Gasteiger partial charge in [-0.25, -0.2) is 4.79 Å². The van der Waals surface area contributed by atoms with Crippen LogP contribution in [0.5, 0.6) is 11.5 Å². The minimum atomic E-state index is -4.87. The fourth-order valence-corrected chi connectivity index (χ4v) is 1.66. The van der Waals surface area contributed by atoms with Crippen LogP contribution in [0.25, 0.3) is 0 Å². The van der Waals surface area contributed by atoms with Gasteiger partial charge in [-0.15, -0.1) is 13.2 Å². The van der Waals surface area contributed by atoms with Crippen molar-refractivity contribution in [1.29, 1.82) is 5.41 Å². The minimum absolute atomic E-state index is 0.0880. The lowest BCUT2D eigenvalue weighted by molar-refractivity contribution is -0.274. The monoisotopic (exact) mass is 364 g/mol. The Labute approximate surface area is 141 Å². The van der Waals surface area contributed by atoms with Gasteiger partial charge in [-0.1, -0.05) is 0 Å². The maximum atomic E-state index is 12.2. The molecule has 0 fully saturated rings. The summed E-state index contributed by atoms with van der Waals surface area (Å²) in [5, 5.41) is 24.1. The summed E-state index contributed by atoms with van der Waals surface area (Å²) in [7, 11) is 0. The molecule has 6 N–H and O–H groups in total. The lowest BCUT2D eigenvalue weighted by Crippen LogP contribution is -2.25. The van der Waals surface area contributed by atoms with Gasteiger partial charge in [0.15, 0.2) is 0 Å². The van der Waals surface area contributed by atoms with Gasteiger partial charge < -0.3 is 20.4 Å². The van der Waals surface area contributed by atoms with Crippen LogP contribution < -0.4 is 16.0 Å². The Morgan fingerprint density at radius 1 is 1.48 bits per heavy atom. The highest BCUT2D eigenvalue weighted by Gasteiger charge is 2.31. The van der Waals surface area contributed by atoms with Gasteiger partial charge in [0.1, 0.15) is 17.5 Å². The summed E-state index contributed by atoms with van der Waals surface area (Å²) in [6, 6.07) is 1.74. The number of phenols is 1. The van der Waals surface area contributed by atoms with Crippen LogP contribution in [0.2, 0.25) is 0 Å². The van der Waals surface area contributed by atoms with Crippen LogP contribution in [0.4, 0.5) is 13.2 Å². The minimum Gasteiger partial charge on any atom is -0.507 e. The number of rotatable bonds is 8. The molecule has 1 rings (SSSR count). The molecule has 1 aromatic rings. The number of benzene rings is 1. The SMILES string of the molecule is C=N.NNCCCC(N=Cc1cc(OC(F)(F)F)ccc1O)C(=O)O. The van der Waals surface area contributed by atoms with Crippen LogP contribution >= 0.6 is 0 Å². The second-order valence-electron chi connectivity index (χ2n) is 4.50. The topological polar surface area (TPSA) is 141 Å². The number of alkyl halides is 3. The summed E-state index contributed by atoms with van der Waals surface area (Å²) in [5.41, 5.74) is 2.28. The van der Waals surface area contributed by atoms with Crippen molar-refractivity contribution >= 4 is 18.9 Å². The van der Waals surface area contributed by atoms with E-state index >= 15 is 0 Å². The molecule has 0 saturated heterocycles. The van der Waals surface area contributed by atoms with Crippen molar-refractivity contribution in [2.45, 2.75) is 25.2 Å². The van der Waals surface area contributed by atoms with Gasteiger partial charge in [0.25, 0.3) is 0 Å². The number of nitrogens with one attached hydrogen (secondary N) is 2. The number of nitrogens with zero attached hydrogens (tertiary/aromatic N) is 1. The molecule has 25 heavy (non-hydrogen) atoms. The van der Waals surface area contributed by atoms with Gasteiger partial charge in [0.2, 0.25) is 0 Å². The summed E-state index contributed by atoms with van der Waals surface area (Å²) in [4.78, 5) is 14.8. The largest absolute Gasteiger partial charge is 0.573 e. The zero-order chi connectivity index (χ0) is 19.5. The number of carboxylic acids is 1. The second kappa shape index (κ2) is 11.0. The van der Waals surface area contributed by atoms with E-state index in [0.29, 0.717) is 13.0 Å². The number of halogens is 3. The molecule has 1 atom stereocenters. The third-order valence-electron chi connectivity index (χ3n) is 2.71. The maximum absolute atomic E-state index is 12.2. The van der Waals surface area contributed by atoms with Gasteiger partial charge in [-0.05, 0) is 37.8 Å². The first-order valence-corrected chi connectivity index (χ1v) is 6.86. The molecule has 1 unspecified atom stereocenters. The highest BCUT2D eigenvalue weighted by atomic mass is 19.4. The van der Waals surface area contributed by atoms with Gasteiger partial charge >= 0.3 is 12.3 Å². The van der Waals surface area contributed by atoms with Crippen molar-refractivity contribution in [2.24, 2.45) is 10.8 Å². The lowest BCUT2D eigenvalue weighted by Gasteiger charge is -2.10. The van der Waals surface area contributed by atoms with Crippen LogP contribution in [-0.2, 0) is 4.79 Å². The number of aliphatic imine (C=N–C) groups is 1. The molecule has 11 heteroatoms. The number of phenolic OH excluding ortho intramolecular Hbond substituents is 1. The van der Waals surface area contributed by atoms with Gasteiger partial charge in [0.05, 0.1) is 0 Å². The smallest absolute Gasteiger partial charge is 0.507 e. The first-order valence-electron chi connectivity index (χ1n) is 6.86. The van der Waals surface area contributed by atoms with Crippen LogP contribution in [0, 0.1) is 5.41 Å². The van der Waals surface area contributed by atoms with Crippen molar-refractivity contribution in [3.8, 4) is 11.5 Å². The molecule has 0 aromatic heterocycles. The van der Waals surface area contributed by atoms with Crippen molar-refractivity contribution in [1.82, 2.24) is 5.43 Å². The van der Waals surface area contributed by atoms with E-state index in [1.165, 1.54) is 0 Å². The Morgan fingerprint density at radius 2 is 2.12 bits per heavy atom. The summed E-state index contributed by atoms with van der Waals surface area (Å²) in [5.74, 6) is 2.98. The van der Waals surface area contributed by atoms with Crippen LogP contribution in [0.15, 0.2) is 23.2 Å². The van der Waals surface area contributed by atoms with Crippen LogP contribution in [0.1, 0.15) is 18.4 Å². The van der Waals surface area contributed by atoms with E-state index in [2.05, 4.69) is 21.9 Å². The predicted octanol–water partition coefficient (Wildman–Crippen LogP) is 1.67. The first kappa shape index (κ1) is 22.3. The fourth-order valence-electron chi connectivity index (χ4n) is 1.66. The Kier molecular flexibility index (Phi) is 9.82. The molecular formula is C14H19F3N4O4. The number of carbonyl (C=O) groups is 1. The molecule has 8 nitrogen and oxygen atoms in total. The zero-order valence-corrected chi connectivity index (χ0v) is 13.1. The number of aliphatic carboxylic acids is 1. The Morgan fingerprint density at radius 3 is 2.64 bits per heavy atom. The maximum Gasteiger partial charge on any atom is 0.573 e. The molecule has 0 aliphatic carbocycles. The van der Waals surface area contributed by atoms with Crippen molar-refractivity contribution < 1.29 is 32.9 Å². The summed E-state index contributed by atoms with van der Waals surface area (Å²) in [6.45, 7) is 2.89. The molecule has 1 aromatic carbocycles. The lowest BCUT2D eigenvalue weighted by atomic mass is 10.1. The number of carboxylic acid groups (broad SMARTS) is 1. The number of hydrogen-bond acceptors (Lipinski definition) is 7. The van der Waals surface area contributed by atoms with E-state index < -0.39 is 24.1 Å². The highest BCUT2D eigenvalue weighted by molar-refractivity contribution is 5.86. The summed E-state index contributed by atoms with van der Waals surface area (Å²) >= 11 is 0. The van der Waals surface area contributed by atoms with Crippen molar-refractivity contribution in [3.63, 3.8) is 0 Å². The summed E-state index contributed by atoms with van der Waals surface area (Å²) in [6.07, 6.45) is -3.26. The third kappa shape index (κ3) is 9.27. The molecule has 0 saturated carbocycles. The number of ether oxygens (including phenoxy) is 1. The van der Waals surface area contributed by atoms with E-state index in [1.54, 1.807) is 0 Å². The number of hydrazine groups is 1. The van der Waals surface area contributed by atoms with Gasteiger partial charge in [-0.3, -0.25) is 16.3 Å². The molecule has 0 spiro atoms. The van der Waals surface area contributed by atoms with Crippen molar-refractivity contribution in [2.75, 3.05) is 6.54 Å². The van der Waals surface area contributed by atoms with E-state index in [-0.39, 0.29) is 17.7 Å². The number of nitrogens with two attached hydrogens (primary N) is 1. The van der Waals surface area contributed by atoms with Crippen LogP contribution in [-0.4, -0.2) is 48.1 Å². The normalized spacial score (nSPS) is 12.3. The molecule has 0 amide bonds. The van der Waals surface area contributed by atoms with E-state index in [9.17, 15) is 23.1 Å². The second-order valence-corrected chi connectivity index (χ2v) is 4.50. The Hall–Kier alpha value is -2.66. The zero-order valence-electron chi connectivity index (χ0n) is 13.1. The molecule has 0 aliphatic rings. The number of hydrogen-bond donors (Lipinski definition) is 5. The van der Waals surface area contributed by atoms with Gasteiger partial charge in [0, 0.05) is 18.3 Å². The average molecular weight is 364 g/mol. The quantitative estimate of drug-likeness (QED) is 0.206. The molecule has 140 valence electrons. The van der Waals surface area contributed by atoms with E-state index in [0.717, 1.165) is 24.4 Å². The average Bonchev–Trinajstić information content (AvgIpc) is 2.53. The number of aromatic hydroxyl groups is 1. The van der Waals surface area contributed by atoms with Crippen LogP contribution in [0.3, 0.4) is 0 Å². The van der Waals surface area contributed by atoms with Gasteiger partial charge in [-0.2, -0.15) is 0 Å². The Balaban J connectivity index is 0.00000277. The first-order chi connectivity index (χ1) is 11.7. The highest BCUT2D eigenvalue weighted by Crippen LogP contribution is 2.27. The van der Waals surface area contributed by atoms with E-state index in [4.69, 9.17) is 16.4 Å².